The molecular formula is C33H59NO9Si2. The van der Waals surface area contributed by atoms with E-state index >= 15 is 0 Å². The van der Waals surface area contributed by atoms with Crippen LogP contribution in [0.15, 0.2) is 43.0 Å². The van der Waals surface area contributed by atoms with Gasteiger partial charge in [-0.1, -0.05) is 78.0 Å². The highest BCUT2D eigenvalue weighted by molar-refractivity contribution is 6.74. The van der Waals surface area contributed by atoms with E-state index in [-0.39, 0.29) is 36.9 Å². The zero-order chi connectivity index (χ0) is 34.2. The molecule has 1 saturated heterocycles. The first-order valence-corrected chi connectivity index (χ1v) is 21.5. The number of likely N-dealkylation sites (tertiary alicyclic amines) is 1. The number of carbonyl (C=O) groups is 1. The van der Waals surface area contributed by atoms with Crippen molar-refractivity contribution in [1.29, 1.82) is 0 Å². The summed E-state index contributed by atoms with van der Waals surface area (Å²) in [5, 5.41) is 11.0. The van der Waals surface area contributed by atoms with E-state index in [2.05, 4.69) is 74.3 Å². The van der Waals surface area contributed by atoms with E-state index in [1.54, 1.807) is 4.90 Å². The van der Waals surface area contributed by atoms with Crippen molar-refractivity contribution < 1.29 is 42.4 Å². The van der Waals surface area contributed by atoms with E-state index in [0.717, 1.165) is 5.56 Å². The zero-order valence-corrected chi connectivity index (χ0v) is 31.6. The molecule has 0 saturated carbocycles. The molecular weight excluding hydrogens is 611 g/mol. The minimum atomic E-state index is -2.46. The van der Waals surface area contributed by atoms with E-state index in [1.165, 1.54) is 20.3 Å². The number of rotatable bonds is 16. The van der Waals surface area contributed by atoms with Gasteiger partial charge >= 0.3 is 6.09 Å². The van der Waals surface area contributed by atoms with Crippen LogP contribution in [0.4, 0.5) is 4.79 Å². The number of aliphatic hydroxyl groups is 1. The average molecular weight is 670 g/mol. The van der Waals surface area contributed by atoms with Gasteiger partial charge in [0.15, 0.2) is 16.6 Å². The lowest BCUT2D eigenvalue weighted by Crippen LogP contribution is -2.56. The minimum absolute atomic E-state index is 0.0592. The Morgan fingerprint density at radius 2 is 1.53 bits per heavy atom. The van der Waals surface area contributed by atoms with Gasteiger partial charge in [0.05, 0.1) is 24.8 Å². The summed E-state index contributed by atoms with van der Waals surface area (Å²) in [5.41, 5.74) is 0.843. The number of ether oxygens (including phenoxy) is 5. The van der Waals surface area contributed by atoms with Crippen LogP contribution in [-0.4, -0.2) is 104 Å². The Labute approximate surface area is 273 Å². The molecule has 1 aliphatic rings. The van der Waals surface area contributed by atoms with Crippen molar-refractivity contribution >= 4 is 22.7 Å². The Morgan fingerprint density at radius 3 is 2.04 bits per heavy atom. The second-order valence-electron chi connectivity index (χ2n) is 14.7. The first-order chi connectivity index (χ1) is 20.8. The van der Waals surface area contributed by atoms with Gasteiger partial charge in [0.2, 0.25) is 0 Å². The molecule has 0 spiro atoms. The van der Waals surface area contributed by atoms with Gasteiger partial charge in [-0.15, -0.1) is 6.58 Å². The monoisotopic (exact) mass is 669 g/mol. The lowest BCUT2D eigenvalue weighted by molar-refractivity contribution is -0.160. The molecule has 2 rings (SSSR count). The zero-order valence-electron chi connectivity index (χ0n) is 29.6. The summed E-state index contributed by atoms with van der Waals surface area (Å²) in [6.45, 7) is 25.5. The number of aliphatic hydroxyl groups excluding tert-OH is 1. The van der Waals surface area contributed by atoms with Gasteiger partial charge in [-0.3, -0.25) is 4.90 Å². The van der Waals surface area contributed by atoms with Crippen molar-refractivity contribution in [3.05, 3.63) is 48.6 Å². The van der Waals surface area contributed by atoms with Crippen LogP contribution in [0.25, 0.3) is 0 Å². The van der Waals surface area contributed by atoms with E-state index < -0.39 is 59.2 Å². The van der Waals surface area contributed by atoms with Crippen molar-refractivity contribution in [2.75, 3.05) is 34.4 Å². The second-order valence-corrected chi connectivity index (χ2v) is 24.3. The number of carbonyl (C=O) groups excluding carboxylic acids is 1. The molecule has 1 fully saturated rings. The maximum Gasteiger partial charge on any atom is 0.410 e. The van der Waals surface area contributed by atoms with Crippen LogP contribution >= 0.6 is 0 Å². The average Bonchev–Trinajstić information content (AvgIpc) is 3.24. The van der Waals surface area contributed by atoms with Gasteiger partial charge in [-0.25, -0.2) is 4.79 Å². The number of hydrogen-bond acceptors (Lipinski definition) is 9. The van der Waals surface area contributed by atoms with E-state index in [4.69, 9.17) is 32.5 Å². The van der Waals surface area contributed by atoms with Crippen LogP contribution in [-0.2, 0) is 39.1 Å². The van der Waals surface area contributed by atoms with Crippen molar-refractivity contribution in [1.82, 2.24) is 4.90 Å². The molecule has 1 heterocycles. The van der Waals surface area contributed by atoms with E-state index in [1.807, 2.05) is 30.3 Å². The topological polar surface area (TPSA) is 105 Å². The fraction of sp³-hybridized carbons (Fsp3) is 0.727. The lowest BCUT2D eigenvalue weighted by Gasteiger charge is -2.42. The molecule has 1 amide bonds. The molecule has 1 aromatic rings. The number of methoxy groups -OCH3 is 2. The summed E-state index contributed by atoms with van der Waals surface area (Å²) in [5.74, 6) is 0. The van der Waals surface area contributed by atoms with Crippen LogP contribution in [0.3, 0.4) is 0 Å². The van der Waals surface area contributed by atoms with Crippen LogP contribution in [0.5, 0.6) is 0 Å². The second kappa shape index (κ2) is 16.5. The summed E-state index contributed by atoms with van der Waals surface area (Å²) in [6, 6.07) is 7.99. The molecule has 0 radical (unpaired) electrons. The fourth-order valence-electron chi connectivity index (χ4n) is 4.72. The summed E-state index contributed by atoms with van der Waals surface area (Å²) in [6.07, 6.45) is -2.79. The summed E-state index contributed by atoms with van der Waals surface area (Å²) in [4.78, 5) is 15.9. The van der Waals surface area contributed by atoms with Crippen LogP contribution in [0.2, 0.25) is 36.3 Å². The molecule has 0 aliphatic carbocycles. The molecule has 1 aromatic carbocycles. The molecule has 0 aromatic heterocycles. The Balaban J connectivity index is 2.76. The molecule has 0 unspecified atom stereocenters. The third kappa shape index (κ3) is 10.2. The van der Waals surface area contributed by atoms with Crippen LogP contribution in [0, 0.1) is 0 Å². The molecule has 258 valence electrons. The molecule has 12 heteroatoms. The fourth-order valence-corrected chi connectivity index (χ4v) is 7.06. The highest BCUT2D eigenvalue weighted by Crippen LogP contribution is 2.44. The summed E-state index contributed by atoms with van der Waals surface area (Å²) in [7, 11) is -1.71. The first-order valence-electron chi connectivity index (χ1n) is 15.7. The van der Waals surface area contributed by atoms with Crippen molar-refractivity contribution in [3.63, 3.8) is 0 Å². The van der Waals surface area contributed by atoms with Gasteiger partial charge < -0.3 is 37.6 Å². The number of amides is 1. The Morgan fingerprint density at radius 1 is 0.956 bits per heavy atom. The van der Waals surface area contributed by atoms with Gasteiger partial charge in [0.1, 0.15) is 38.5 Å². The SMILES string of the molecule is C=C[C@H](O)[C@@H](OCOC)[C@@H]1[C@@H](OCOC)[C@H](O[Si](C)(C)C(C)(C)C)[C@@H](CO[Si](C)(C)C(C)(C)C)N1C(=O)OCc1ccccc1. The Hall–Kier alpha value is -1.62. The molecule has 1 N–H and O–H groups in total. The maximum absolute atomic E-state index is 14.3. The quantitative estimate of drug-likeness (QED) is 0.123. The largest absolute Gasteiger partial charge is 0.445 e. The van der Waals surface area contributed by atoms with E-state index in [0.29, 0.717) is 0 Å². The molecule has 1 aliphatic heterocycles. The number of benzene rings is 1. The van der Waals surface area contributed by atoms with Crippen molar-refractivity contribution in [2.24, 2.45) is 0 Å². The van der Waals surface area contributed by atoms with Crippen LogP contribution < -0.4 is 0 Å². The third-order valence-corrected chi connectivity index (χ3v) is 18.4. The van der Waals surface area contributed by atoms with Gasteiger partial charge in [-0.2, -0.15) is 0 Å². The standard InChI is InChI=1S/C33H59NO9Si2/c1-14-26(35)29(40-22-37-8)27-30(41-23-38-9)28(43-45(12,13)33(5,6)7)25(21-42-44(10,11)32(2,3)4)34(27)31(36)39-20-24-18-16-15-17-19-24/h14-19,25-30,35H,1,20-23H2,2-13H3/t25-,26+,27-,28-,29-,30-/m1/s1. The molecule has 45 heavy (non-hydrogen) atoms. The van der Waals surface area contributed by atoms with Crippen molar-refractivity contribution in [3.8, 4) is 0 Å². The summed E-state index contributed by atoms with van der Waals surface area (Å²) >= 11 is 0. The maximum atomic E-state index is 14.3. The van der Waals surface area contributed by atoms with Gasteiger partial charge in [0.25, 0.3) is 0 Å². The smallest absolute Gasteiger partial charge is 0.410 e. The number of hydrogen-bond donors (Lipinski definition) is 1. The predicted octanol–water partition coefficient (Wildman–Crippen LogP) is 6.31. The summed E-state index contributed by atoms with van der Waals surface area (Å²) < 4.78 is 42.9. The molecule has 6 atom stereocenters. The lowest BCUT2D eigenvalue weighted by atomic mass is 9.99. The van der Waals surface area contributed by atoms with Gasteiger partial charge in [-0.05, 0) is 41.8 Å². The predicted molar refractivity (Wildman–Crippen MR) is 181 cm³/mol. The Bertz CT molecular complexity index is 1060. The third-order valence-electron chi connectivity index (χ3n) is 9.46. The Kier molecular flexibility index (Phi) is 14.5. The highest BCUT2D eigenvalue weighted by Gasteiger charge is 2.59. The van der Waals surface area contributed by atoms with E-state index in [9.17, 15) is 9.90 Å². The van der Waals surface area contributed by atoms with Gasteiger partial charge in [0, 0.05) is 14.2 Å². The first kappa shape index (κ1) is 39.6. The molecule has 0 bridgehead atoms. The normalized spacial score (nSPS) is 22.7. The minimum Gasteiger partial charge on any atom is -0.445 e. The molecule has 10 nitrogen and oxygen atoms in total. The number of nitrogens with zero attached hydrogens (tertiary/aromatic N) is 1. The van der Waals surface area contributed by atoms with Crippen molar-refractivity contribution in [2.45, 2.75) is 121 Å². The highest BCUT2D eigenvalue weighted by atomic mass is 28.4. The van der Waals surface area contributed by atoms with Crippen LogP contribution in [0.1, 0.15) is 47.1 Å².